The van der Waals surface area contributed by atoms with Crippen molar-refractivity contribution in [2.45, 2.75) is 18.9 Å². The number of carbonyl (C=O) groups excluding carboxylic acids is 1. The second-order valence-corrected chi connectivity index (χ2v) is 5.60. The molecule has 0 aliphatic rings. The topological polar surface area (TPSA) is 86.6 Å². The minimum absolute atomic E-state index is 0.0169. The number of benzene rings is 1. The number of rotatable bonds is 7. The molecule has 5 nitrogen and oxygen atoms in total. The van der Waals surface area contributed by atoms with Crippen molar-refractivity contribution in [1.82, 2.24) is 5.32 Å². The molecule has 1 atom stereocenters. The van der Waals surface area contributed by atoms with E-state index in [0.717, 1.165) is 0 Å². The maximum Gasteiger partial charge on any atom is 0.326 e. The van der Waals surface area contributed by atoms with Gasteiger partial charge in [0.25, 0.3) is 0 Å². The fourth-order valence-electron chi connectivity index (χ4n) is 1.58. The van der Waals surface area contributed by atoms with E-state index in [2.05, 4.69) is 5.32 Å². The zero-order valence-electron chi connectivity index (χ0n) is 10.9. The molecule has 1 aromatic rings. The number of aromatic hydroxyl groups is 1. The van der Waals surface area contributed by atoms with Gasteiger partial charge in [0.15, 0.2) is 0 Å². The second kappa shape index (κ2) is 8.01. The lowest BCUT2D eigenvalue weighted by Gasteiger charge is -2.14. The largest absolute Gasteiger partial charge is 0.506 e. The highest BCUT2D eigenvalue weighted by Gasteiger charge is 2.19. The third kappa shape index (κ3) is 5.30. The molecule has 1 aromatic carbocycles. The zero-order chi connectivity index (χ0) is 15.1. The summed E-state index contributed by atoms with van der Waals surface area (Å²) >= 11 is 7.27. The molecule has 1 unspecified atom stereocenters. The lowest BCUT2D eigenvalue weighted by Crippen LogP contribution is -2.41. The fraction of sp³-hybridized carbons (Fsp3) is 0.385. The molecule has 0 heterocycles. The Hall–Kier alpha value is -1.40. The third-order valence-electron chi connectivity index (χ3n) is 2.62. The van der Waals surface area contributed by atoms with Crippen LogP contribution in [0.5, 0.6) is 5.75 Å². The highest BCUT2D eigenvalue weighted by Crippen LogP contribution is 2.23. The monoisotopic (exact) mass is 317 g/mol. The first-order chi connectivity index (χ1) is 9.43. The van der Waals surface area contributed by atoms with Crippen LogP contribution >= 0.6 is 23.4 Å². The van der Waals surface area contributed by atoms with Crippen molar-refractivity contribution in [2.24, 2.45) is 0 Å². The van der Waals surface area contributed by atoms with Crippen LogP contribution in [0.15, 0.2) is 18.2 Å². The van der Waals surface area contributed by atoms with Crippen molar-refractivity contribution >= 4 is 35.2 Å². The Morgan fingerprint density at radius 2 is 2.15 bits per heavy atom. The molecular weight excluding hydrogens is 302 g/mol. The molecule has 0 aliphatic heterocycles. The third-order valence-corrected chi connectivity index (χ3v) is 3.57. The zero-order valence-corrected chi connectivity index (χ0v) is 12.5. The molecule has 0 aromatic heterocycles. The Balaban J connectivity index is 2.60. The molecule has 20 heavy (non-hydrogen) atoms. The number of nitrogens with one attached hydrogen (secondary N) is 1. The number of thioether (sulfide) groups is 1. The number of amides is 1. The number of carbonyl (C=O) groups is 2. The fourth-order valence-corrected chi connectivity index (χ4v) is 2.26. The molecule has 0 radical (unpaired) electrons. The summed E-state index contributed by atoms with van der Waals surface area (Å²) in [4.78, 5) is 22.8. The van der Waals surface area contributed by atoms with Gasteiger partial charge in [0.05, 0.1) is 11.4 Å². The molecule has 0 bridgehead atoms. The van der Waals surface area contributed by atoms with Crippen LogP contribution in [0.1, 0.15) is 12.0 Å². The lowest BCUT2D eigenvalue weighted by molar-refractivity contribution is -0.141. The summed E-state index contributed by atoms with van der Waals surface area (Å²) in [6.45, 7) is 0. The number of hydrogen-bond acceptors (Lipinski definition) is 4. The van der Waals surface area contributed by atoms with Gasteiger partial charge in [0.1, 0.15) is 11.8 Å². The Morgan fingerprint density at radius 3 is 2.70 bits per heavy atom. The average Bonchev–Trinajstić information content (AvgIpc) is 2.38. The van der Waals surface area contributed by atoms with Crippen molar-refractivity contribution in [3.8, 4) is 5.75 Å². The smallest absolute Gasteiger partial charge is 0.326 e. The maximum atomic E-state index is 11.8. The summed E-state index contributed by atoms with van der Waals surface area (Å²) in [5, 5.41) is 20.9. The van der Waals surface area contributed by atoms with Crippen LogP contribution in [0, 0.1) is 0 Å². The summed E-state index contributed by atoms with van der Waals surface area (Å²) < 4.78 is 0. The highest BCUT2D eigenvalue weighted by molar-refractivity contribution is 7.98. The van der Waals surface area contributed by atoms with Crippen molar-refractivity contribution in [3.05, 3.63) is 28.8 Å². The van der Waals surface area contributed by atoms with Gasteiger partial charge < -0.3 is 15.5 Å². The highest BCUT2D eigenvalue weighted by atomic mass is 35.5. The number of aliphatic carboxylic acids is 1. The minimum atomic E-state index is -1.05. The van der Waals surface area contributed by atoms with Gasteiger partial charge in [-0.15, -0.1) is 0 Å². The lowest BCUT2D eigenvalue weighted by atomic mass is 10.1. The Morgan fingerprint density at radius 1 is 1.45 bits per heavy atom. The van der Waals surface area contributed by atoms with Crippen molar-refractivity contribution in [1.29, 1.82) is 0 Å². The average molecular weight is 318 g/mol. The predicted molar refractivity (Wildman–Crippen MR) is 79.4 cm³/mol. The van der Waals surface area contributed by atoms with E-state index in [9.17, 15) is 14.7 Å². The maximum absolute atomic E-state index is 11.8. The predicted octanol–water partition coefficient (Wildman–Crippen LogP) is 1.91. The number of halogens is 1. The van der Waals surface area contributed by atoms with Crippen LogP contribution in [-0.4, -0.2) is 40.1 Å². The van der Waals surface area contributed by atoms with Crippen LogP contribution in [0.3, 0.4) is 0 Å². The van der Waals surface area contributed by atoms with Gasteiger partial charge in [-0.25, -0.2) is 4.79 Å². The van der Waals surface area contributed by atoms with Gasteiger partial charge in [-0.2, -0.15) is 11.8 Å². The molecular formula is C13H16ClNO4S. The Kier molecular flexibility index (Phi) is 6.67. The second-order valence-electron chi connectivity index (χ2n) is 4.20. The van der Waals surface area contributed by atoms with E-state index in [1.54, 1.807) is 6.07 Å². The van der Waals surface area contributed by atoms with E-state index in [1.165, 1.54) is 23.9 Å². The molecule has 0 aliphatic carbocycles. The van der Waals surface area contributed by atoms with Crippen LogP contribution in [0.2, 0.25) is 5.02 Å². The van der Waals surface area contributed by atoms with Crippen molar-refractivity contribution < 1.29 is 19.8 Å². The molecule has 0 saturated carbocycles. The summed E-state index contributed by atoms with van der Waals surface area (Å²) in [5.74, 6) is -0.835. The van der Waals surface area contributed by atoms with Gasteiger partial charge in [-0.1, -0.05) is 17.7 Å². The first-order valence-corrected chi connectivity index (χ1v) is 7.69. The summed E-state index contributed by atoms with van der Waals surface area (Å²) in [6.07, 6.45) is 2.26. The number of carboxylic acid groups (broad SMARTS) is 1. The van der Waals surface area contributed by atoms with Gasteiger partial charge in [0.2, 0.25) is 5.91 Å². The molecule has 0 fully saturated rings. The summed E-state index contributed by atoms with van der Waals surface area (Å²) in [5.41, 5.74) is 0.610. The van der Waals surface area contributed by atoms with Crippen LogP contribution in [0.25, 0.3) is 0 Å². The molecule has 110 valence electrons. The van der Waals surface area contributed by atoms with E-state index in [4.69, 9.17) is 16.7 Å². The van der Waals surface area contributed by atoms with Crippen LogP contribution in [0.4, 0.5) is 0 Å². The summed E-state index contributed by atoms with van der Waals surface area (Å²) in [6, 6.07) is 3.56. The van der Waals surface area contributed by atoms with Gasteiger partial charge in [0, 0.05) is 0 Å². The quantitative estimate of drug-likeness (QED) is 0.715. The first-order valence-electron chi connectivity index (χ1n) is 5.92. The molecule has 0 spiro atoms. The van der Waals surface area contributed by atoms with E-state index in [0.29, 0.717) is 17.7 Å². The van der Waals surface area contributed by atoms with Gasteiger partial charge in [-0.3, -0.25) is 4.79 Å². The minimum Gasteiger partial charge on any atom is -0.506 e. The normalized spacial score (nSPS) is 11.9. The molecule has 7 heteroatoms. The van der Waals surface area contributed by atoms with Crippen molar-refractivity contribution in [2.75, 3.05) is 12.0 Å². The van der Waals surface area contributed by atoms with Gasteiger partial charge in [-0.05, 0) is 36.1 Å². The SMILES string of the molecule is CSCCC(NC(=O)Cc1ccc(O)c(Cl)c1)C(=O)O. The van der Waals surface area contributed by atoms with Crippen LogP contribution in [-0.2, 0) is 16.0 Å². The van der Waals surface area contributed by atoms with Crippen molar-refractivity contribution in [3.63, 3.8) is 0 Å². The number of phenolic OH excluding ortho intramolecular Hbond substituents is 1. The van der Waals surface area contributed by atoms with Crippen LogP contribution < -0.4 is 5.32 Å². The number of carboxylic acids is 1. The molecule has 0 saturated heterocycles. The number of phenols is 1. The van der Waals surface area contributed by atoms with E-state index < -0.39 is 12.0 Å². The molecule has 1 amide bonds. The first kappa shape index (κ1) is 16.7. The van der Waals surface area contributed by atoms with Gasteiger partial charge >= 0.3 is 5.97 Å². The molecule has 3 N–H and O–H groups in total. The Bertz CT molecular complexity index is 495. The standard InChI is InChI=1S/C13H16ClNO4S/c1-20-5-4-10(13(18)19)15-12(17)7-8-2-3-11(16)9(14)6-8/h2-3,6,10,16H,4-5,7H2,1H3,(H,15,17)(H,18,19). The van der Waals surface area contributed by atoms with E-state index >= 15 is 0 Å². The number of hydrogen-bond donors (Lipinski definition) is 3. The summed E-state index contributed by atoms with van der Waals surface area (Å²) in [7, 11) is 0. The Labute approximate surface area is 126 Å². The van der Waals surface area contributed by atoms with E-state index in [-0.39, 0.29) is 23.1 Å². The van der Waals surface area contributed by atoms with E-state index in [1.807, 2.05) is 6.26 Å². The molecule has 1 rings (SSSR count).